The number of rotatable bonds is 3. The standard InChI is InChI=1S/C16H25N3O3/c1-6-19(14-4-9-20-10-5-14)7-2-12(1)16-17-15(18-22-16)13-3-8-21-11-13/h12-14H,1-11H2/t13-/m1/s1. The minimum absolute atomic E-state index is 0.333. The van der Waals surface area contributed by atoms with E-state index in [0.29, 0.717) is 17.9 Å². The molecule has 3 saturated heterocycles. The van der Waals surface area contributed by atoms with Crippen molar-refractivity contribution in [2.24, 2.45) is 0 Å². The normalized spacial score (nSPS) is 29.2. The molecule has 0 unspecified atom stereocenters. The first kappa shape index (κ1) is 14.6. The summed E-state index contributed by atoms with van der Waals surface area (Å²) in [4.78, 5) is 7.28. The molecular weight excluding hydrogens is 282 g/mol. The largest absolute Gasteiger partial charge is 0.381 e. The first-order valence-corrected chi connectivity index (χ1v) is 8.63. The Balaban J connectivity index is 1.33. The highest BCUT2D eigenvalue weighted by Crippen LogP contribution is 2.31. The van der Waals surface area contributed by atoms with E-state index in [1.807, 2.05) is 0 Å². The second-order valence-corrected chi connectivity index (χ2v) is 6.71. The molecule has 1 aromatic heterocycles. The van der Waals surface area contributed by atoms with Gasteiger partial charge >= 0.3 is 0 Å². The van der Waals surface area contributed by atoms with Crippen molar-refractivity contribution in [1.82, 2.24) is 15.0 Å². The van der Waals surface area contributed by atoms with Gasteiger partial charge in [0.15, 0.2) is 5.82 Å². The third-order valence-corrected chi connectivity index (χ3v) is 5.34. The summed E-state index contributed by atoms with van der Waals surface area (Å²) in [6, 6.07) is 0.712. The molecule has 6 nitrogen and oxygen atoms in total. The first-order valence-electron chi connectivity index (χ1n) is 8.63. The molecule has 22 heavy (non-hydrogen) atoms. The van der Waals surface area contributed by atoms with Crippen LogP contribution in [0.2, 0.25) is 0 Å². The van der Waals surface area contributed by atoms with Crippen LogP contribution < -0.4 is 0 Å². The Morgan fingerprint density at radius 1 is 0.864 bits per heavy atom. The van der Waals surface area contributed by atoms with Gasteiger partial charge in [-0.05, 0) is 45.2 Å². The predicted octanol–water partition coefficient (Wildman–Crippen LogP) is 1.93. The molecule has 0 spiro atoms. The van der Waals surface area contributed by atoms with Crippen molar-refractivity contribution < 1.29 is 14.0 Å². The minimum atomic E-state index is 0.333. The Kier molecular flexibility index (Phi) is 4.41. The number of hydrogen-bond donors (Lipinski definition) is 0. The van der Waals surface area contributed by atoms with E-state index < -0.39 is 0 Å². The molecule has 0 bridgehead atoms. The Morgan fingerprint density at radius 2 is 1.64 bits per heavy atom. The van der Waals surface area contributed by atoms with E-state index in [2.05, 4.69) is 15.0 Å². The van der Waals surface area contributed by atoms with Crippen LogP contribution in [0.5, 0.6) is 0 Å². The fourth-order valence-corrected chi connectivity index (χ4v) is 3.88. The van der Waals surface area contributed by atoms with Gasteiger partial charge in [0, 0.05) is 37.7 Å². The van der Waals surface area contributed by atoms with Crippen molar-refractivity contribution in [2.45, 2.75) is 50.0 Å². The summed E-state index contributed by atoms with van der Waals surface area (Å²) in [5.41, 5.74) is 0. The monoisotopic (exact) mass is 307 g/mol. The molecule has 0 aliphatic carbocycles. The summed E-state index contributed by atoms with van der Waals surface area (Å²) in [6.07, 6.45) is 5.62. The van der Waals surface area contributed by atoms with E-state index in [9.17, 15) is 0 Å². The quantitative estimate of drug-likeness (QED) is 0.850. The van der Waals surface area contributed by atoms with E-state index in [1.165, 1.54) is 12.8 Å². The smallest absolute Gasteiger partial charge is 0.229 e. The van der Waals surface area contributed by atoms with Gasteiger partial charge in [0.05, 0.1) is 6.61 Å². The van der Waals surface area contributed by atoms with Crippen molar-refractivity contribution in [3.8, 4) is 0 Å². The van der Waals surface area contributed by atoms with Crippen molar-refractivity contribution >= 4 is 0 Å². The topological polar surface area (TPSA) is 60.6 Å². The van der Waals surface area contributed by atoms with Crippen LogP contribution in [-0.2, 0) is 9.47 Å². The minimum Gasteiger partial charge on any atom is -0.381 e. The number of ether oxygens (including phenoxy) is 2. The SMILES string of the molecule is C1CC(N2CCC(c3nc([C@@H]4CCOC4)no3)CC2)CCO1. The number of piperidine rings is 1. The lowest BCUT2D eigenvalue weighted by atomic mass is 9.94. The molecule has 6 heteroatoms. The maximum absolute atomic E-state index is 5.54. The van der Waals surface area contributed by atoms with Gasteiger partial charge in [0.2, 0.25) is 5.89 Å². The summed E-state index contributed by atoms with van der Waals surface area (Å²) >= 11 is 0. The fraction of sp³-hybridized carbons (Fsp3) is 0.875. The second kappa shape index (κ2) is 6.64. The highest BCUT2D eigenvalue weighted by atomic mass is 16.5. The number of aromatic nitrogens is 2. The Morgan fingerprint density at radius 3 is 2.36 bits per heavy atom. The van der Waals surface area contributed by atoms with Crippen LogP contribution >= 0.6 is 0 Å². The molecule has 0 saturated carbocycles. The molecule has 4 heterocycles. The molecule has 3 aliphatic rings. The van der Waals surface area contributed by atoms with Crippen LogP contribution in [0, 0.1) is 0 Å². The molecule has 4 rings (SSSR count). The van der Waals surface area contributed by atoms with Crippen molar-refractivity contribution in [3.63, 3.8) is 0 Å². The van der Waals surface area contributed by atoms with E-state index in [-0.39, 0.29) is 0 Å². The highest BCUT2D eigenvalue weighted by molar-refractivity contribution is 5.02. The first-order chi connectivity index (χ1) is 10.9. The van der Waals surface area contributed by atoms with E-state index in [4.69, 9.17) is 14.0 Å². The van der Waals surface area contributed by atoms with E-state index in [0.717, 1.165) is 70.5 Å². The highest BCUT2D eigenvalue weighted by Gasteiger charge is 2.31. The van der Waals surface area contributed by atoms with Crippen LogP contribution in [-0.4, -0.2) is 60.6 Å². The third-order valence-electron chi connectivity index (χ3n) is 5.34. The fourth-order valence-electron chi connectivity index (χ4n) is 3.88. The van der Waals surface area contributed by atoms with Gasteiger partial charge in [-0.1, -0.05) is 5.16 Å². The maximum Gasteiger partial charge on any atom is 0.229 e. The lowest BCUT2D eigenvalue weighted by Gasteiger charge is -2.38. The van der Waals surface area contributed by atoms with Crippen LogP contribution in [0.4, 0.5) is 0 Å². The van der Waals surface area contributed by atoms with Gasteiger partial charge in [-0.25, -0.2) is 0 Å². The zero-order valence-electron chi connectivity index (χ0n) is 13.1. The maximum atomic E-state index is 5.54. The number of likely N-dealkylation sites (tertiary alicyclic amines) is 1. The van der Waals surface area contributed by atoms with Crippen LogP contribution in [0.15, 0.2) is 4.52 Å². The summed E-state index contributed by atoms with van der Waals surface area (Å²) < 4.78 is 16.4. The zero-order valence-corrected chi connectivity index (χ0v) is 13.1. The molecule has 1 aromatic rings. The summed E-state index contributed by atoms with van der Waals surface area (Å²) in [5.74, 6) is 2.45. The zero-order chi connectivity index (χ0) is 14.8. The Labute approximate surface area is 131 Å². The summed E-state index contributed by atoms with van der Waals surface area (Å²) in [5, 5.41) is 4.19. The van der Waals surface area contributed by atoms with E-state index in [1.54, 1.807) is 0 Å². The number of hydrogen-bond acceptors (Lipinski definition) is 6. The molecular formula is C16H25N3O3. The van der Waals surface area contributed by atoms with Gasteiger partial charge in [-0.15, -0.1) is 0 Å². The van der Waals surface area contributed by atoms with Gasteiger partial charge < -0.3 is 18.9 Å². The molecule has 0 N–H and O–H groups in total. The van der Waals surface area contributed by atoms with Crippen molar-refractivity contribution in [3.05, 3.63) is 11.7 Å². The molecule has 122 valence electrons. The molecule has 1 atom stereocenters. The van der Waals surface area contributed by atoms with Gasteiger partial charge in [0.25, 0.3) is 0 Å². The average molecular weight is 307 g/mol. The van der Waals surface area contributed by atoms with E-state index >= 15 is 0 Å². The lowest BCUT2D eigenvalue weighted by Crippen LogP contribution is -2.43. The Bertz CT molecular complexity index is 473. The second-order valence-electron chi connectivity index (χ2n) is 6.71. The number of nitrogens with zero attached hydrogens (tertiary/aromatic N) is 3. The van der Waals surface area contributed by atoms with Crippen molar-refractivity contribution in [1.29, 1.82) is 0 Å². The van der Waals surface area contributed by atoms with Crippen LogP contribution in [0.1, 0.15) is 55.7 Å². The molecule has 0 radical (unpaired) electrons. The lowest BCUT2D eigenvalue weighted by molar-refractivity contribution is 0.0239. The summed E-state index contributed by atoms with van der Waals surface area (Å²) in [7, 11) is 0. The van der Waals surface area contributed by atoms with Gasteiger partial charge in [0.1, 0.15) is 0 Å². The van der Waals surface area contributed by atoms with Gasteiger partial charge in [-0.2, -0.15) is 4.98 Å². The predicted molar refractivity (Wildman–Crippen MR) is 79.9 cm³/mol. The third kappa shape index (κ3) is 3.05. The molecule has 0 aromatic carbocycles. The average Bonchev–Trinajstić information content (AvgIpc) is 3.27. The molecule has 3 fully saturated rings. The Hall–Kier alpha value is -0.980. The summed E-state index contributed by atoms with van der Waals surface area (Å²) in [6.45, 7) is 5.67. The molecule has 3 aliphatic heterocycles. The molecule has 0 amide bonds. The van der Waals surface area contributed by atoms with Crippen LogP contribution in [0.3, 0.4) is 0 Å². The van der Waals surface area contributed by atoms with Crippen molar-refractivity contribution in [2.75, 3.05) is 39.5 Å². The van der Waals surface area contributed by atoms with Crippen LogP contribution in [0.25, 0.3) is 0 Å². The van der Waals surface area contributed by atoms with Gasteiger partial charge in [-0.3, -0.25) is 0 Å².